The zero-order valence-corrected chi connectivity index (χ0v) is 10.1. The fourth-order valence-corrected chi connectivity index (χ4v) is 2.50. The van der Waals surface area contributed by atoms with Crippen LogP contribution >= 0.6 is 0 Å². The third-order valence-corrected chi connectivity index (χ3v) is 2.93. The Balaban J connectivity index is 2.35. The largest absolute Gasteiger partial charge is 0.304 e. The Bertz CT molecular complexity index is 386. The van der Waals surface area contributed by atoms with Crippen LogP contribution in [0, 0.1) is 0 Å². The maximum Gasteiger partial charge on any atom is 0.241 e. The van der Waals surface area contributed by atoms with Crippen molar-refractivity contribution < 1.29 is 4.79 Å². The van der Waals surface area contributed by atoms with Crippen LogP contribution in [0.15, 0.2) is 30.3 Å². The number of rotatable bonds is 1. The lowest BCUT2D eigenvalue weighted by Gasteiger charge is -2.45. The third kappa shape index (κ3) is 1.95. The molecule has 0 atom stereocenters. The molecule has 1 aliphatic heterocycles. The first-order valence-corrected chi connectivity index (χ1v) is 5.57. The number of nitrogens with zero attached hydrogens (tertiary/aromatic N) is 2. The summed E-state index contributed by atoms with van der Waals surface area (Å²) < 4.78 is 0. The highest BCUT2D eigenvalue weighted by atomic mass is 16.2. The number of hydrogen-bond donors (Lipinski definition) is 0. The summed E-state index contributed by atoms with van der Waals surface area (Å²) in [5.41, 5.74) is 0.844. The molecule has 1 saturated heterocycles. The van der Waals surface area contributed by atoms with Gasteiger partial charge in [-0.1, -0.05) is 18.2 Å². The molecule has 3 nitrogen and oxygen atoms in total. The standard InChI is InChI=1S/C13H18N2O/c1-13(2)10-14(3)9-12(16)15(13)11-7-5-4-6-8-11/h4-8H,9-10H2,1-3H3. The second-order valence-corrected chi connectivity index (χ2v) is 5.05. The number of carbonyl (C=O) groups is 1. The maximum atomic E-state index is 12.1. The van der Waals surface area contributed by atoms with Crippen LogP contribution in [0.25, 0.3) is 0 Å². The van der Waals surface area contributed by atoms with E-state index in [4.69, 9.17) is 0 Å². The van der Waals surface area contributed by atoms with E-state index in [1.807, 2.05) is 42.3 Å². The minimum atomic E-state index is -0.147. The van der Waals surface area contributed by atoms with E-state index >= 15 is 0 Å². The summed E-state index contributed by atoms with van der Waals surface area (Å²) in [7, 11) is 1.99. The van der Waals surface area contributed by atoms with E-state index in [0.29, 0.717) is 6.54 Å². The van der Waals surface area contributed by atoms with Gasteiger partial charge in [-0.15, -0.1) is 0 Å². The van der Waals surface area contributed by atoms with E-state index in [1.54, 1.807) is 0 Å². The van der Waals surface area contributed by atoms with Gasteiger partial charge in [0, 0.05) is 12.2 Å². The summed E-state index contributed by atoms with van der Waals surface area (Å²) in [5, 5.41) is 0. The van der Waals surface area contributed by atoms with E-state index in [0.717, 1.165) is 12.2 Å². The smallest absolute Gasteiger partial charge is 0.241 e. The summed E-state index contributed by atoms with van der Waals surface area (Å²) in [5.74, 6) is 0.171. The molecule has 0 radical (unpaired) electrons. The van der Waals surface area contributed by atoms with E-state index in [-0.39, 0.29) is 11.4 Å². The lowest BCUT2D eigenvalue weighted by molar-refractivity contribution is -0.122. The van der Waals surface area contributed by atoms with Crippen LogP contribution in [-0.4, -0.2) is 36.5 Å². The molecule has 0 bridgehead atoms. The minimum Gasteiger partial charge on any atom is -0.304 e. The molecule has 1 aromatic carbocycles. The number of anilines is 1. The molecule has 0 unspecified atom stereocenters. The number of benzene rings is 1. The Labute approximate surface area is 96.7 Å². The molecule has 1 aliphatic rings. The van der Waals surface area contributed by atoms with Gasteiger partial charge >= 0.3 is 0 Å². The van der Waals surface area contributed by atoms with Gasteiger partial charge in [-0.2, -0.15) is 0 Å². The molecule has 0 spiro atoms. The van der Waals surface area contributed by atoms with Crippen LogP contribution in [0.2, 0.25) is 0 Å². The van der Waals surface area contributed by atoms with Crippen molar-refractivity contribution in [3.05, 3.63) is 30.3 Å². The number of carbonyl (C=O) groups excluding carboxylic acids is 1. The molecular weight excluding hydrogens is 200 g/mol. The van der Waals surface area contributed by atoms with Crippen LogP contribution in [0.1, 0.15) is 13.8 Å². The lowest BCUT2D eigenvalue weighted by atomic mass is 9.97. The molecule has 1 fully saturated rings. The molecule has 0 aromatic heterocycles. The highest BCUT2D eigenvalue weighted by Gasteiger charge is 2.37. The van der Waals surface area contributed by atoms with Gasteiger partial charge in [0.25, 0.3) is 0 Å². The topological polar surface area (TPSA) is 23.6 Å². The van der Waals surface area contributed by atoms with Crippen LogP contribution in [0.3, 0.4) is 0 Å². The van der Waals surface area contributed by atoms with Crippen molar-refractivity contribution in [1.82, 2.24) is 4.90 Å². The summed E-state index contributed by atoms with van der Waals surface area (Å²) in [6.07, 6.45) is 0. The van der Waals surface area contributed by atoms with Crippen LogP contribution < -0.4 is 4.90 Å². The van der Waals surface area contributed by atoms with Crippen molar-refractivity contribution in [1.29, 1.82) is 0 Å². The first-order valence-electron chi connectivity index (χ1n) is 5.57. The second-order valence-electron chi connectivity index (χ2n) is 5.05. The molecule has 86 valence electrons. The zero-order valence-electron chi connectivity index (χ0n) is 10.1. The molecule has 3 heteroatoms. The van der Waals surface area contributed by atoms with Gasteiger partial charge in [-0.3, -0.25) is 9.69 Å². The summed E-state index contributed by atoms with van der Waals surface area (Å²) in [4.78, 5) is 16.1. The van der Waals surface area contributed by atoms with E-state index in [9.17, 15) is 4.79 Å². The van der Waals surface area contributed by atoms with E-state index in [2.05, 4.69) is 18.7 Å². The highest BCUT2D eigenvalue weighted by Crippen LogP contribution is 2.27. The van der Waals surface area contributed by atoms with Crippen molar-refractivity contribution in [2.45, 2.75) is 19.4 Å². The number of hydrogen-bond acceptors (Lipinski definition) is 2. The molecule has 1 heterocycles. The summed E-state index contributed by atoms with van der Waals surface area (Å²) >= 11 is 0. The van der Waals surface area contributed by atoms with Crippen molar-refractivity contribution in [2.24, 2.45) is 0 Å². The third-order valence-electron chi connectivity index (χ3n) is 2.93. The number of piperazine rings is 1. The number of para-hydroxylation sites is 1. The van der Waals surface area contributed by atoms with Crippen LogP contribution in [-0.2, 0) is 4.79 Å². The number of amides is 1. The second kappa shape index (κ2) is 3.91. The first kappa shape index (κ1) is 11.1. The van der Waals surface area contributed by atoms with Gasteiger partial charge in [0.15, 0.2) is 0 Å². The van der Waals surface area contributed by atoms with Gasteiger partial charge in [-0.25, -0.2) is 0 Å². The lowest BCUT2D eigenvalue weighted by Crippen LogP contribution is -2.61. The highest BCUT2D eigenvalue weighted by molar-refractivity contribution is 5.97. The van der Waals surface area contributed by atoms with Crippen molar-refractivity contribution in [3.63, 3.8) is 0 Å². The SMILES string of the molecule is CN1CC(=O)N(c2ccccc2)C(C)(C)C1. The van der Waals surface area contributed by atoms with Crippen LogP contribution in [0.4, 0.5) is 5.69 Å². The summed E-state index contributed by atoms with van der Waals surface area (Å²) in [6.45, 7) is 5.60. The Hall–Kier alpha value is -1.35. The van der Waals surface area contributed by atoms with Crippen LogP contribution in [0.5, 0.6) is 0 Å². The molecule has 16 heavy (non-hydrogen) atoms. The quantitative estimate of drug-likeness (QED) is 0.717. The summed E-state index contributed by atoms with van der Waals surface area (Å²) in [6, 6.07) is 9.89. The Morgan fingerprint density at radius 2 is 1.81 bits per heavy atom. The predicted octanol–water partition coefficient (Wildman–Crippen LogP) is 1.74. The van der Waals surface area contributed by atoms with E-state index in [1.165, 1.54) is 0 Å². The van der Waals surface area contributed by atoms with Gasteiger partial charge < -0.3 is 4.90 Å². The molecule has 0 N–H and O–H groups in total. The van der Waals surface area contributed by atoms with E-state index < -0.39 is 0 Å². The van der Waals surface area contributed by atoms with Crippen molar-refractivity contribution >= 4 is 11.6 Å². The molecule has 0 aliphatic carbocycles. The fraction of sp³-hybridized carbons (Fsp3) is 0.462. The van der Waals surface area contributed by atoms with Crippen molar-refractivity contribution in [3.8, 4) is 0 Å². The average molecular weight is 218 g/mol. The van der Waals surface area contributed by atoms with Gasteiger partial charge in [-0.05, 0) is 33.0 Å². The van der Waals surface area contributed by atoms with Gasteiger partial charge in [0.2, 0.25) is 5.91 Å². The average Bonchev–Trinajstić information content (AvgIpc) is 2.15. The minimum absolute atomic E-state index is 0.147. The molecule has 0 saturated carbocycles. The first-order chi connectivity index (χ1) is 7.50. The normalized spacial score (nSPS) is 21.2. The van der Waals surface area contributed by atoms with Gasteiger partial charge in [0.05, 0.1) is 12.1 Å². The maximum absolute atomic E-state index is 12.1. The zero-order chi connectivity index (χ0) is 11.8. The van der Waals surface area contributed by atoms with Crippen molar-refractivity contribution in [2.75, 3.05) is 25.0 Å². The Morgan fingerprint density at radius 3 is 2.38 bits per heavy atom. The molecule has 1 amide bonds. The monoisotopic (exact) mass is 218 g/mol. The molecule has 1 aromatic rings. The Morgan fingerprint density at radius 1 is 1.19 bits per heavy atom. The molecule has 2 rings (SSSR count). The predicted molar refractivity (Wildman–Crippen MR) is 65.5 cm³/mol. The number of likely N-dealkylation sites (N-methyl/N-ethyl adjacent to an activating group) is 1. The fourth-order valence-electron chi connectivity index (χ4n) is 2.50. The molecular formula is C13H18N2O. The van der Waals surface area contributed by atoms with Gasteiger partial charge in [0.1, 0.15) is 0 Å². The Kier molecular flexibility index (Phi) is 2.72.